The predicted octanol–water partition coefficient (Wildman–Crippen LogP) is 3.78. The van der Waals surface area contributed by atoms with Crippen LogP contribution in [0.2, 0.25) is 0 Å². The van der Waals surface area contributed by atoms with Crippen LogP contribution in [0, 0.1) is 6.92 Å². The van der Waals surface area contributed by atoms with E-state index in [0.717, 1.165) is 23.4 Å². The van der Waals surface area contributed by atoms with Crippen molar-refractivity contribution in [2.45, 2.75) is 51.7 Å². The number of carbonyl (C=O) groups excluding carboxylic acids is 1. The van der Waals surface area contributed by atoms with E-state index in [1.165, 1.54) is 12.4 Å². The highest BCUT2D eigenvalue weighted by Crippen LogP contribution is 2.34. The van der Waals surface area contributed by atoms with Crippen LogP contribution in [0.25, 0.3) is 5.65 Å². The van der Waals surface area contributed by atoms with Crippen LogP contribution in [-0.2, 0) is 12.6 Å². The van der Waals surface area contributed by atoms with Crippen LogP contribution in [0.1, 0.15) is 65.5 Å². The Morgan fingerprint density at radius 2 is 2.00 bits per heavy atom. The van der Waals surface area contributed by atoms with E-state index in [-0.39, 0.29) is 17.2 Å². The first-order chi connectivity index (χ1) is 14.3. The molecule has 1 fully saturated rings. The third-order valence-electron chi connectivity index (χ3n) is 5.26. The standard InChI is InChI=1S/C20H21F3N6O/c1-3-13-8-17(20(21,22)23)29-18(26-13)9-14(27-29)16-6-4-5-7-28(16)19(30)15-11-24-12(2)10-25-15/h8-11,16H,3-7H2,1-2H3. The number of hydrogen-bond donors (Lipinski definition) is 0. The summed E-state index contributed by atoms with van der Waals surface area (Å²) in [6.07, 6.45) is 1.01. The molecular weight excluding hydrogens is 397 g/mol. The molecule has 7 nitrogen and oxygen atoms in total. The van der Waals surface area contributed by atoms with Crippen LogP contribution in [0.5, 0.6) is 0 Å². The van der Waals surface area contributed by atoms with Gasteiger partial charge >= 0.3 is 6.18 Å². The van der Waals surface area contributed by atoms with Crippen LogP contribution >= 0.6 is 0 Å². The smallest absolute Gasteiger partial charge is 0.329 e. The molecule has 10 heteroatoms. The molecule has 0 spiro atoms. The highest BCUT2D eigenvalue weighted by molar-refractivity contribution is 5.92. The third-order valence-corrected chi connectivity index (χ3v) is 5.26. The van der Waals surface area contributed by atoms with Crippen LogP contribution < -0.4 is 0 Å². The quantitative estimate of drug-likeness (QED) is 0.647. The first-order valence-corrected chi connectivity index (χ1v) is 9.84. The van der Waals surface area contributed by atoms with Crippen LogP contribution in [0.4, 0.5) is 13.2 Å². The second-order valence-electron chi connectivity index (χ2n) is 7.38. The van der Waals surface area contributed by atoms with Gasteiger partial charge in [-0.1, -0.05) is 6.92 Å². The zero-order valence-electron chi connectivity index (χ0n) is 16.6. The fourth-order valence-electron chi connectivity index (χ4n) is 3.72. The topological polar surface area (TPSA) is 76.3 Å². The minimum absolute atomic E-state index is 0.129. The first-order valence-electron chi connectivity index (χ1n) is 9.84. The van der Waals surface area contributed by atoms with Crippen molar-refractivity contribution in [3.63, 3.8) is 0 Å². The van der Waals surface area contributed by atoms with Gasteiger partial charge in [0.15, 0.2) is 5.65 Å². The van der Waals surface area contributed by atoms with E-state index in [1.807, 2.05) is 0 Å². The Bertz CT molecular complexity index is 1080. The van der Waals surface area contributed by atoms with Gasteiger partial charge in [-0.25, -0.2) is 14.5 Å². The molecule has 3 aromatic heterocycles. The molecule has 1 aliphatic heterocycles. The van der Waals surface area contributed by atoms with Crippen LogP contribution in [0.15, 0.2) is 24.5 Å². The minimum Gasteiger partial charge on any atom is -0.329 e. The van der Waals surface area contributed by atoms with E-state index in [0.29, 0.717) is 36.5 Å². The van der Waals surface area contributed by atoms with Crippen molar-refractivity contribution < 1.29 is 18.0 Å². The van der Waals surface area contributed by atoms with Gasteiger partial charge in [-0.15, -0.1) is 0 Å². The van der Waals surface area contributed by atoms with E-state index in [1.54, 1.807) is 24.8 Å². The summed E-state index contributed by atoms with van der Waals surface area (Å²) in [5.41, 5.74) is 0.902. The summed E-state index contributed by atoms with van der Waals surface area (Å²) in [5, 5.41) is 4.22. The van der Waals surface area contributed by atoms with Gasteiger partial charge in [0, 0.05) is 24.5 Å². The number of likely N-dealkylation sites (tertiary alicyclic amines) is 1. The lowest BCUT2D eigenvalue weighted by atomic mass is 9.99. The van der Waals surface area contributed by atoms with Gasteiger partial charge in [-0.05, 0) is 38.7 Å². The maximum Gasteiger partial charge on any atom is 0.433 e. The van der Waals surface area contributed by atoms with E-state index in [2.05, 4.69) is 20.1 Å². The Balaban J connectivity index is 1.75. The lowest BCUT2D eigenvalue weighted by molar-refractivity contribution is -0.142. The number of amides is 1. The van der Waals surface area contributed by atoms with E-state index in [9.17, 15) is 18.0 Å². The van der Waals surface area contributed by atoms with E-state index >= 15 is 0 Å². The molecule has 1 unspecified atom stereocenters. The van der Waals surface area contributed by atoms with Crippen molar-refractivity contribution >= 4 is 11.6 Å². The molecule has 4 heterocycles. The second kappa shape index (κ2) is 7.66. The fraction of sp³-hybridized carbons (Fsp3) is 0.450. The highest BCUT2D eigenvalue weighted by Gasteiger charge is 2.36. The van der Waals surface area contributed by atoms with Crippen molar-refractivity contribution in [1.82, 2.24) is 29.5 Å². The predicted molar refractivity (Wildman–Crippen MR) is 102 cm³/mol. The maximum absolute atomic E-state index is 13.6. The van der Waals surface area contributed by atoms with E-state index in [4.69, 9.17) is 0 Å². The van der Waals surface area contributed by atoms with Crippen molar-refractivity contribution in [3.8, 4) is 0 Å². The lowest BCUT2D eigenvalue weighted by Gasteiger charge is -2.34. The molecule has 1 amide bonds. The van der Waals surface area contributed by atoms with Crippen LogP contribution in [0.3, 0.4) is 0 Å². The van der Waals surface area contributed by atoms with Crippen molar-refractivity contribution in [3.05, 3.63) is 53.0 Å². The molecule has 1 saturated heterocycles. The minimum atomic E-state index is -4.56. The van der Waals surface area contributed by atoms with Gasteiger partial charge in [-0.3, -0.25) is 9.78 Å². The number of aryl methyl sites for hydroxylation is 2. The molecule has 0 radical (unpaired) electrons. The molecule has 0 saturated carbocycles. The largest absolute Gasteiger partial charge is 0.433 e. The number of nitrogens with zero attached hydrogens (tertiary/aromatic N) is 6. The third kappa shape index (κ3) is 3.73. The Kier molecular flexibility index (Phi) is 5.17. The molecular formula is C20H21F3N6O. The average molecular weight is 418 g/mol. The molecule has 0 aliphatic carbocycles. The van der Waals surface area contributed by atoms with Gasteiger partial charge in [-0.2, -0.15) is 18.3 Å². The number of fused-ring (bicyclic) bond motifs is 1. The van der Waals surface area contributed by atoms with E-state index < -0.39 is 17.9 Å². The van der Waals surface area contributed by atoms with Gasteiger partial charge in [0.05, 0.1) is 23.6 Å². The molecule has 1 atom stereocenters. The number of alkyl halides is 3. The van der Waals surface area contributed by atoms with Crippen molar-refractivity contribution in [1.29, 1.82) is 0 Å². The summed E-state index contributed by atoms with van der Waals surface area (Å²) in [4.78, 5) is 27.2. The zero-order chi connectivity index (χ0) is 21.5. The normalized spacial score (nSPS) is 17.5. The first kappa shape index (κ1) is 20.2. The molecule has 4 rings (SSSR count). The Morgan fingerprint density at radius 3 is 2.67 bits per heavy atom. The SMILES string of the molecule is CCc1cc(C(F)(F)F)n2nc(C3CCCCN3C(=O)c3cnc(C)cn3)cc2n1. The lowest BCUT2D eigenvalue weighted by Crippen LogP contribution is -2.39. The molecule has 3 aromatic rings. The Morgan fingerprint density at radius 1 is 1.20 bits per heavy atom. The monoisotopic (exact) mass is 418 g/mol. The second-order valence-corrected chi connectivity index (χ2v) is 7.38. The summed E-state index contributed by atoms with van der Waals surface area (Å²) in [5.74, 6) is -0.303. The molecule has 158 valence electrons. The average Bonchev–Trinajstić information content (AvgIpc) is 3.16. The molecule has 1 aliphatic rings. The number of aromatic nitrogens is 5. The van der Waals surface area contributed by atoms with Crippen molar-refractivity contribution in [2.75, 3.05) is 6.54 Å². The zero-order valence-corrected chi connectivity index (χ0v) is 16.6. The summed E-state index contributed by atoms with van der Waals surface area (Å²) in [6, 6.07) is 2.13. The summed E-state index contributed by atoms with van der Waals surface area (Å²) < 4.78 is 41.6. The molecule has 0 bridgehead atoms. The molecule has 0 aromatic carbocycles. The summed E-state index contributed by atoms with van der Waals surface area (Å²) in [6.45, 7) is 4.00. The fourth-order valence-corrected chi connectivity index (χ4v) is 3.72. The van der Waals surface area contributed by atoms with Gasteiger partial charge < -0.3 is 4.90 Å². The Hall–Kier alpha value is -3.04. The number of halogens is 3. The summed E-state index contributed by atoms with van der Waals surface area (Å²) >= 11 is 0. The number of carbonyl (C=O) groups is 1. The maximum atomic E-state index is 13.6. The molecule has 30 heavy (non-hydrogen) atoms. The van der Waals surface area contributed by atoms with Crippen molar-refractivity contribution in [2.24, 2.45) is 0 Å². The Labute approximate surface area is 171 Å². The number of rotatable bonds is 3. The molecule has 0 N–H and O–H groups in total. The summed E-state index contributed by atoms with van der Waals surface area (Å²) in [7, 11) is 0. The van der Waals surface area contributed by atoms with Gasteiger partial charge in [0.2, 0.25) is 0 Å². The number of piperidine rings is 1. The highest BCUT2D eigenvalue weighted by atomic mass is 19.4. The van der Waals surface area contributed by atoms with Gasteiger partial charge in [0.25, 0.3) is 5.91 Å². The van der Waals surface area contributed by atoms with Gasteiger partial charge in [0.1, 0.15) is 11.4 Å². The number of hydrogen-bond acceptors (Lipinski definition) is 5. The van der Waals surface area contributed by atoms with Crippen LogP contribution in [-0.4, -0.2) is 41.9 Å².